The van der Waals surface area contributed by atoms with Crippen LogP contribution < -0.4 is 11.1 Å². The average molecular weight is 241 g/mol. The normalized spacial score (nSPS) is 32.1. The van der Waals surface area contributed by atoms with Gasteiger partial charge in [-0.15, -0.1) is 0 Å². The Morgan fingerprint density at radius 1 is 1.59 bits per heavy atom. The van der Waals surface area contributed by atoms with Crippen LogP contribution in [0.2, 0.25) is 0 Å². The number of hydrogen-bond donors (Lipinski definition) is 3. The number of aliphatic hydroxyl groups excluding tert-OH is 1. The van der Waals surface area contributed by atoms with E-state index < -0.39 is 23.6 Å². The lowest BCUT2D eigenvalue weighted by Gasteiger charge is -2.29. The van der Waals surface area contributed by atoms with Gasteiger partial charge in [-0.3, -0.25) is 9.59 Å². The standard InChI is InChI=1S/C11H19N3O3/c1-7(15)8(9(12)16)14-6-4-11(10(14)17)3-2-5-13-11/h7-8,13,15H,2-6H2,1H3,(H2,12,16)/t7-,8+,11?/m1/s1. The van der Waals surface area contributed by atoms with Crippen LogP contribution in [0.25, 0.3) is 0 Å². The second kappa shape index (κ2) is 4.27. The highest BCUT2D eigenvalue weighted by molar-refractivity contribution is 5.93. The molecule has 6 heteroatoms. The number of nitrogens with one attached hydrogen (secondary N) is 1. The Balaban J connectivity index is 2.18. The largest absolute Gasteiger partial charge is 0.391 e. The van der Waals surface area contributed by atoms with Gasteiger partial charge in [0, 0.05) is 6.54 Å². The van der Waals surface area contributed by atoms with Crippen molar-refractivity contribution >= 4 is 11.8 Å². The number of rotatable bonds is 3. The first kappa shape index (κ1) is 12.3. The summed E-state index contributed by atoms with van der Waals surface area (Å²) in [5, 5.41) is 12.8. The highest BCUT2D eigenvalue weighted by atomic mass is 16.3. The number of amides is 2. The lowest BCUT2D eigenvalue weighted by atomic mass is 9.96. The van der Waals surface area contributed by atoms with E-state index in [1.165, 1.54) is 11.8 Å². The van der Waals surface area contributed by atoms with E-state index in [0.717, 1.165) is 19.4 Å². The third kappa shape index (κ3) is 1.91. The Morgan fingerprint density at radius 2 is 2.29 bits per heavy atom. The van der Waals surface area contributed by atoms with Gasteiger partial charge in [0.2, 0.25) is 11.8 Å². The van der Waals surface area contributed by atoms with E-state index in [-0.39, 0.29) is 5.91 Å². The van der Waals surface area contributed by atoms with Crippen molar-refractivity contribution in [3.63, 3.8) is 0 Å². The highest BCUT2D eigenvalue weighted by Crippen LogP contribution is 2.32. The minimum atomic E-state index is -0.937. The molecule has 0 aromatic heterocycles. The number of carbonyl (C=O) groups is 2. The number of carbonyl (C=O) groups excluding carboxylic acids is 2. The first-order chi connectivity index (χ1) is 7.98. The molecule has 1 unspecified atom stereocenters. The second-order valence-corrected chi connectivity index (χ2v) is 4.95. The molecule has 0 aromatic carbocycles. The molecule has 0 aliphatic carbocycles. The van der Waals surface area contributed by atoms with Crippen LogP contribution in [0.3, 0.4) is 0 Å². The van der Waals surface area contributed by atoms with Gasteiger partial charge in [0.05, 0.1) is 11.6 Å². The zero-order chi connectivity index (χ0) is 12.6. The molecule has 2 rings (SSSR count). The quantitative estimate of drug-likeness (QED) is 0.565. The van der Waals surface area contributed by atoms with E-state index in [1.54, 1.807) is 0 Å². The summed E-state index contributed by atoms with van der Waals surface area (Å²) in [7, 11) is 0. The lowest BCUT2D eigenvalue weighted by Crippen LogP contribution is -2.56. The number of nitrogens with zero attached hydrogens (tertiary/aromatic N) is 1. The van der Waals surface area contributed by atoms with Crippen LogP contribution >= 0.6 is 0 Å². The van der Waals surface area contributed by atoms with Crippen molar-refractivity contribution in [2.24, 2.45) is 5.73 Å². The van der Waals surface area contributed by atoms with Gasteiger partial charge in [-0.25, -0.2) is 0 Å². The summed E-state index contributed by atoms with van der Waals surface area (Å²) in [5.74, 6) is -0.747. The molecule has 17 heavy (non-hydrogen) atoms. The second-order valence-electron chi connectivity index (χ2n) is 4.95. The molecule has 4 N–H and O–H groups in total. The van der Waals surface area contributed by atoms with Crippen LogP contribution in [0.5, 0.6) is 0 Å². The summed E-state index contributed by atoms with van der Waals surface area (Å²) in [6.45, 7) is 2.79. The first-order valence-electron chi connectivity index (χ1n) is 6.01. The smallest absolute Gasteiger partial charge is 0.243 e. The number of primary amides is 1. The Kier molecular flexibility index (Phi) is 3.09. The molecule has 2 saturated heterocycles. The predicted molar refractivity (Wildman–Crippen MR) is 61.0 cm³/mol. The van der Waals surface area contributed by atoms with Crippen molar-refractivity contribution in [1.29, 1.82) is 0 Å². The molecular formula is C11H19N3O3. The van der Waals surface area contributed by atoms with Gasteiger partial charge in [-0.05, 0) is 32.7 Å². The molecular weight excluding hydrogens is 222 g/mol. The SMILES string of the molecule is C[C@@H](O)[C@@H](C(N)=O)N1CCC2(CCCN2)C1=O. The maximum Gasteiger partial charge on any atom is 0.243 e. The van der Waals surface area contributed by atoms with Crippen molar-refractivity contribution < 1.29 is 14.7 Å². The molecule has 2 aliphatic heterocycles. The molecule has 0 saturated carbocycles. The molecule has 0 bridgehead atoms. The predicted octanol–water partition coefficient (Wildman–Crippen LogP) is -1.42. The zero-order valence-corrected chi connectivity index (χ0v) is 9.98. The van der Waals surface area contributed by atoms with Crippen molar-refractivity contribution in [3.8, 4) is 0 Å². The molecule has 0 radical (unpaired) electrons. The van der Waals surface area contributed by atoms with Gasteiger partial charge < -0.3 is 21.1 Å². The summed E-state index contributed by atoms with van der Waals surface area (Å²) in [6, 6.07) is -0.913. The number of likely N-dealkylation sites (tertiary alicyclic amines) is 1. The van der Waals surface area contributed by atoms with Gasteiger partial charge in [0.1, 0.15) is 6.04 Å². The van der Waals surface area contributed by atoms with E-state index in [4.69, 9.17) is 5.73 Å². The van der Waals surface area contributed by atoms with E-state index in [9.17, 15) is 14.7 Å². The highest BCUT2D eigenvalue weighted by Gasteiger charge is 2.51. The van der Waals surface area contributed by atoms with E-state index >= 15 is 0 Å². The van der Waals surface area contributed by atoms with Crippen molar-refractivity contribution in [2.75, 3.05) is 13.1 Å². The summed E-state index contributed by atoms with van der Waals surface area (Å²) >= 11 is 0. The summed E-state index contributed by atoms with van der Waals surface area (Å²) in [6.07, 6.45) is 1.51. The van der Waals surface area contributed by atoms with Crippen molar-refractivity contribution in [3.05, 3.63) is 0 Å². The lowest BCUT2D eigenvalue weighted by molar-refractivity contribution is -0.142. The van der Waals surface area contributed by atoms with Crippen LogP contribution in [0.15, 0.2) is 0 Å². The Bertz CT molecular complexity index is 337. The average Bonchev–Trinajstić information content (AvgIpc) is 2.81. The minimum Gasteiger partial charge on any atom is -0.391 e. The summed E-state index contributed by atoms with van der Waals surface area (Å²) < 4.78 is 0. The van der Waals surface area contributed by atoms with Gasteiger partial charge >= 0.3 is 0 Å². The Morgan fingerprint density at radius 3 is 2.76 bits per heavy atom. The van der Waals surface area contributed by atoms with Crippen LogP contribution in [0.4, 0.5) is 0 Å². The molecule has 2 amide bonds. The summed E-state index contributed by atoms with van der Waals surface area (Å²) in [5.41, 5.74) is 4.74. The molecule has 6 nitrogen and oxygen atoms in total. The van der Waals surface area contributed by atoms with Gasteiger partial charge in [-0.2, -0.15) is 0 Å². The molecule has 0 aromatic rings. The zero-order valence-electron chi connectivity index (χ0n) is 9.98. The van der Waals surface area contributed by atoms with E-state index in [0.29, 0.717) is 13.0 Å². The van der Waals surface area contributed by atoms with Crippen LogP contribution in [-0.2, 0) is 9.59 Å². The van der Waals surface area contributed by atoms with Crippen molar-refractivity contribution in [2.45, 2.75) is 43.9 Å². The van der Waals surface area contributed by atoms with Crippen LogP contribution in [-0.4, -0.2) is 52.6 Å². The Hall–Kier alpha value is -1.14. The fraction of sp³-hybridized carbons (Fsp3) is 0.818. The molecule has 2 aliphatic rings. The number of hydrogen-bond acceptors (Lipinski definition) is 4. The summed E-state index contributed by atoms with van der Waals surface area (Å²) in [4.78, 5) is 25.1. The topological polar surface area (TPSA) is 95.7 Å². The molecule has 1 spiro atoms. The minimum absolute atomic E-state index is 0.0975. The maximum atomic E-state index is 12.3. The molecule has 2 heterocycles. The monoisotopic (exact) mass is 241 g/mol. The molecule has 2 fully saturated rings. The molecule has 96 valence electrons. The third-order valence-electron chi connectivity index (χ3n) is 3.78. The van der Waals surface area contributed by atoms with Crippen molar-refractivity contribution in [1.82, 2.24) is 10.2 Å². The molecule has 3 atom stereocenters. The number of aliphatic hydroxyl groups is 1. The van der Waals surface area contributed by atoms with Gasteiger partial charge in [0.15, 0.2) is 0 Å². The van der Waals surface area contributed by atoms with E-state index in [2.05, 4.69) is 5.32 Å². The fourth-order valence-corrected chi connectivity index (χ4v) is 2.91. The third-order valence-corrected chi connectivity index (χ3v) is 3.78. The first-order valence-corrected chi connectivity index (χ1v) is 6.01. The fourth-order valence-electron chi connectivity index (χ4n) is 2.91. The van der Waals surface area contributed by atoms with Crippen LogP contribution in [0.1, 0.15) is 26.2 Å². The van der Waals surface area contributed by atoms with Crippen LogP contribution in [0, 0.1) is 0 Å². The van der Waals surface area contributed by atoms with Gasteiger partial charge in [0.25, 0.3) is 0 Å². The number of nitrogens with two attached hydrogens (primary N) is 1. The van der Waals surface area contributed by atoms with Gasteiger partial charge in [-0.1, -0.05) is 0 Å². The van der Waals surface area contributed by atoms with E-state index in [1.807, 2.05) is 0 Å². The Labute approximate surface area is 100 Å². The maximum absolute atomic E-state index is 12.3.